The normalized spacial score (nSPS) is 11.8. The Kier molecular flexibility index (Phi) is 8.37. The summed E-state index contributed by atoms with van der Waals surface area (Å²) in [4.78, 5) is 15.4. The fraction of sp³-hybridized carbons (Fsp3) is 0.200. The molecule has 0 saturated heterocycles. The molecule has 0 saturated carbocycles. The quantitative estimate of drug-likeness (QED) is 0.438. The maximum atomic E-state index is 13.2. The van der Waals surface area contributed by atoms with E-state index >= 15 is 0 Å². The number of benzene rings is 3. The van der Waals surface area contributed by atoms with Gasteiger partial charge in [0.25, 0.3) is 5.91 Å². The highest BCUT2D eigenvalue weighted by molar-refractivity contribution is 7.99. The largest absolute Gasteiger partial charge is 0.593 e. The molecule has 1 N–H and O–H groups in total. The molecule has 0 heterocycles. The smallest absolute Gasteiger partial charge is 0.256 e. The molecule has 3 aromatic rings. The summed E-state index contributed by atoms with van der Waals surface area (Å²) < 4.78 is 14.7. The molecule has 0 aliphatic heterocycles. The Morgan fingerprint density at radius 3 is 2.41 bits per heavy atom. The van der Waals surface area contributed by atoms with Crippen LogP contribution >= 0.6 is 11.8 Å². The van der Waals surface area contributed by atoms with Crippen LogP contribution in [0.5, 0.6) is 0 Å². The molecular weight excluding hydrogens is 438 g/mol. The van der Waals surface area contributed by atoms with Crippen LogP contribution < -0.4 is 5.32 Å². The third kappa shape index (κ3) is 5.53. The Balaban J connectivity index is 1.87. The van der Waals surface area contributed by atoms with Crippen molar-refractivity contribution in [3.8, 4) is 6.07 Å². The Bertz CT molecular complexity index is 1140. The summed E-state index contributed by atoms with van der Waals surface area (Å²) in [5.74, 6) is -0.253. The Labute approximate surface area is 196 Å². The van der Waals surface area contributed by atoms with E-state index in [9.17, 15) is 14.6 Å². The highest BCUT2D eigenvalue weighted by atomic mass is 32.2. The zero-order valence-electron chi connectivity index (χ0n) is 18.3. The zero-order chi connectivity index (χ0) is 23.1. The number of rotatable bonds is 8. The van der Waals surface area contributed by atoms with Gasteiger partial charge in [-0.25, -0.2) is 0 Å². The predicted octanol–water partition coefficient (Wildman–Crippen LogP) is 5.63. The molecule has 0 fully saturated rings. The molecule has 3 aromatic carbocycles. The van der Waals surface area contributed by atoms with Gasteiger partial charge >= 0.3 is 0 Å². The average Bonchev–Trinajstić information content (AvgIpc) is 2.81. The minimum atomic E-state index is -1.29. The number of hydrogen-bond acceptors (Lipinski definition) is 5. The Hall–Kier alpha value is -2.76. The molecule has 5 nitrogen and oxygen atoms in total. The third-order valence-corrected chi connectivity index (χ3v) is 7.75. The van der Waals surface area contributed by atoms with E-state index in [0.717, 1.165) is 15.4 Å². The highest BCUT2D eigenvalue weighted by Gasteiger charge is 2.21. The van der Waals surface area contributed by atoms with Gasteiger partial charge in [0, 0.05) is 34.6 Å². The average molecular weight is 464 g/mol. The number of carbonyl (C=O) groups is 1. The molecule has 1 unspecified atom stereocenters. The fourth-order valence-corrected chi connectivity index (χ4v) is 5.35. The maximum Gasteiger partial charge on any atom is 0.256 e. The first-order valence-corrected chi connectivity index (χ1v) is 12.3. The molecule has 0 aliphatic rings. The lowest BCUT2D eigenvalue weighted by molar-refractivity contribution is 0.102. The van der Waals surface area contributed by atoms with Crippen molar-refractivity contribution in [1.29, 1.82) is 5.26 Å². The monoisotopic (exact) mass is 463 g/mol. The SMILES string of the molecule is CCN(CC)[S+]([O-])c1ccc(C)c(NC(=O)c2ccccc2Sc2ccccc2C#N)c1. The molecule has 164 valence electrons. The van der Waals surface area contributed by atoms with Gasteiger partial charge in [-0.05, 0) is 56.7 Å². The number of aryl methyl sites for hydroxylation is 1. The number of anilines is 1. The molecule has 0 aliphatic carbocycles. The van der Waals surface area contributed by atoms with Crippen LogP contribution in [-0.4, -0.2) is 27.9 Å². The number of nitrogens with one attached hydrogen (secondary N) is 1. The molecule has 0 aromatic heterocycles. The third-order valence-electron chi connectivity index (χ3n) is 4.96. The van der Waals surface area contributed by atoms with Gasteiger partial charge in [-0.15, -0.1) is 4.31 Å². The lowest BCUT2D eigenvalue weighted by Gasteiger charge is -2.22. The van der Waals surface area contributed by atoms with Crippen LogP contribution in [0.15, 0.2) is 81.4 Å². The number of carbonyl (C=O) groups excluding carboxylic acids is 1. The van der Waals surface area contributed by atoms with Crippen LogP contribution in [0.3, 0.4) is 0 Å². The second-order valence-electron chi connectivity index (χ2n) is 7.00. The van der Waals surface area contributed by atoms with Gasteiger partial charge in [0.05, 0.1) is 22.5 Å². The first-order valence-electron chi connectivity index (χ1n) is 10.3. The van der Waals surface area contributed by atoms with Crippen molar-refractivity contribution < 1.29 is 9.35 Å². The van der Waals surface area contributed by atoms with E-state index in [1.165, 1.54) is 11.8 Å². The summed E-state index contributed by atoms with van der Waals surface area (Å²) in [5, 5.41) is 12.4. The molecule has 32 heavy (non-hydrogen) atoms. The first-order chi connectivity index (χ1) is 15.5. The van der Waals surface area contributed by atoms with E-state index in [2.05, 4.69) is 11.4 Å². The number of nitrogens with zero attached hydrogens (tertiary/aromatic N) is 2. The molecule has 7 heteroatoms. The minimum absolute atomic E-state index is 0.253. The van der Waals surface area contributed by atoms with E-state index in [-0.39, 0.29) is 5.91 Å². The van der Waals surface area contributed by atoms with Crippen LogP contribution in [0.4, 0.5) is 5.69 Å². The topological polar surface area (TPSA) is 79.2 Å². The summed E-state index contributed by atoms with van der Waals surface area (Å²) in [6, 6.07) is 22.3. The van der Waals surface area contributed by atoms with Crippen molar-refractivity contribution in [3.05, 3.63) is 83.4 Å². The van der Waals surface area contributed by atoms with Crippen LogP contribution in [0.1, 0.15) is 35.3 Å². The van der Waals surface area contributed by atoms with Crippen molar-refractivity contribution in [3.63, 3.8) is 0 Å². The van der Waals surface area contributed by atoms with Gasteiger partial charge in [-0.3, -0.25) is 4.79 Å². The van der Waals surface area contributed by atoms with E-state index in [1.807, 2.05) is 73.6 Å². The van der Waals surface area contributed by atoms with Gasteiger partial charge in [-0.2, -0.15) is 5.26 Å². The standard InChI is InChI=1S/C25H25N3O2S2/c1-4-28(5-2)32(30)20-15-14-18(3)22(16-20)27-25(29)21-11-7-9-13-24(21)31-23-12-8-6-10-19(23)17-26/h6-16H,4-5H2,1-3H3,(H,27,29). The molecule has 1 amide bonds. The number of amides is 1. The van der Waals surface area contributed by atoms with E-state index in [1.54, 1.807) is 18.2 Å². The van der Waals surface area contributed by atoms with Crippen molar-refractivity contribution >= 4 is 34.7 Å². The summed E-state index contributed by atoms with van der Waals surface area (Å²) in [6.07, 6.45) is 0. The first kappa shape index (κ1) is 23.9. The second-order valence-corrected chi connectivity index (χ2v) is 9.57. The summed E-state index contributed by atoms with van der Waals surface area (Å²) >= 11 is 0.101. The lowest BCUT2D eigenvalue weighted by Crippen LogP contribution is -2.30. The van der Waals surface area contributed by atoms with Crippen LogP contribution in [0.25, 0.3) is 0 Å². The summed E-state index contributed by atoms with van der Waals surface area (Å²) in [5.41, 5.74) is 2.60. The van der Waals surface area contributed by atoms with E-state index in [4.69, 9.17) is 0 Å². The number of hydrogen-bond donors (Lipinski definition) is 1. The van der Waals surface area contributed by atoms with Gasteiger partial charge < -0.3 is 9.87 Å². The van der Waals surface area contributed by atoms with E-state index < -0.39 is 11.4 Å². The summed E-state index contributed by atoms with van der Waals surface area (Å²) in [6.45, 7) is 7.19. The van der Waals surface area contributed by atoms with Gasteiger partial charge in [0.1, 0.15) is 6.07 Å². The van der Waals surface area contributed by atoms with Crippen LogP contribution in [0, 0.1) is 18.3 Å². The maximum absolute atomic E-state index is 13.2. The minimum Gasteiger partial charge on any atom is -0.593 e. The van der Waals surface area contributed by atoms with Crippen LogP contribution in [0.2, 0.25) is 0 Å². The van der Waals surface area contributed by atoms with Crippen molar-refractivity contribution in [1.82, 2.24) is 4.31 Å². The van der Waals surface area contributed by atoms with Crippen molar-refractivity contribution in [2.45, 2.75) is 35.5 Å². The van der Waals surface area contributed by atoms with Crippen LogP contribution in [-0.2, 0) is 11.4 Å². The zero-order valence-corrected chi connectivity index (χ0v) is 19.9. The predicted molar refractivity (Wildman–Crippen MR) is 130 cm³/mol. The number of nitriles is 1. The second kappa shape index (κ2) is 11.2. The van der Waals surface area contributed by atoms with Gasteiger partial charge in [0.2, 0.25) is 0 Å². The fourth-order valence-electron chi connectivity index (χ4n) is 3.15. The summed E-state index contributed by atoms with van der Waals surface area (Å²) in [7, 11) is 0. The van der Waals surface area contributed by atoms with Crippen molar-refractivity contribution in [2.24, 2.45) is 0 Å². The van der Waals surface area contributed by atoms with Gasteiger partial charge in [0.15, 0.2) is 4.90 Å². The van der Waals surface area contributed by atoms with Crippen molar-refractivity contribution in [2.75, 3.05) is 18.4 Å². The highest BCUT2D eigenvalue weighted by Crippen LogP contribution is 2.33. The molecule has 0 radical (unpaired) electrons. The molecular formula is C25H25N3O2S2. The molecule has 0 spiro atoms. The Morgan fingerprint density at radius 1 is 1.06 bits per heavy atom. The molecule has 3 rings (SSSR count). The Morgan fingerprint density at radius 2 is 1.72 bits per heavy atom. The van der Waals surface area contributed by atoms with E-state index in [0.29, 0.717) is 34.8 Å². The molecule has 1 atom stereocenters. The molecule has 0 bridgehead atoms. The lowest BCUT2D eigenvalue weighted by atomic mass is 10.1. The van der Waals surface area contributed by atoms with Gasteiger partial charge in [-0.1, -0.05) is 42.1 Å².